The molecule has 0 heterocycles. The molecule has 4 nitrogen and oxygen atoms in total. The van der Waals surface area contributed by atoms with Gasteiger partial charge in [0.2, 0.25) is 0 Å². The molecule has 0 spiro atoms. The number of benzene rings is 2. The Balaban J connectivity index is 2.37. The van der Waals surface area contributed by atoms with Crippen molar-refractivity contribution >= 4 is 11.6 Å². The zero-order valence-electron chi connectivity index (χ0n) is 13.0. The number of methoxy groups -OCH3 is 1. The summed E-state index contributed by atoms with van der Waals surface area (Å²) in [6.45, 7) is 0.682. The lowest BCUT2D eigenvalue weighted by molar-refractivity contribution is -0.0515. The Kier molecular flexibility index (Phi) is 5.16. The van der Waals surface area contributed by atoms with Gasteiger partial charge in [-0.1, -0.05) is 18.2 Å². The number of ether oxygens (including phenoxy) is 2. The van der Waals surface area contributed by atoms with Gasteiger partial charge in [0.05, 0.1) is 12.7 Å². The number of hydrogen-bond donors (Lipinski definition) is 1. The predicted octanol–water partition coefficient (Wildman–Crippen LogP) is 4.17. The second-order valence-electron chi connectivity index (χ2n) is 4.99. The van der Waals surface area contributed by atoms with Crippen LogP contribution in [0.1, 0.15) is 21.5 Å². The molecule has 0 unspecified atom stereocenters. The first-order valence-electron chi connectivity index (χ1n) is 6.92. The first kappa shape index (κ1) is 16.7. The summed E-state index contributed by atoms with van der Waals surface area (Å²) >= 11 is 0. The zero-order chi connectivity index (χ0) is 17.0. The van der Waals surface area contributed by atoms with Crippen LogP contribution in [0.4, 0.5) is 14.5 Å². The number of hydrogen-bond acceptors (Lipinski definition) is 3. The highest BCUT2D eigenvalue weighted by molar-refractivity contribution is 6.07. The molecule has 0 saturated heterocycles. The van der Waals surface area contributed by atoms with Crippen LogP contribution in [-0.4, -0.2) is 19.6 Å². The monoisotopic (exact) mass is 321 g/mol. The van der Waals surface area contributed by atoms with Crippen molar-refractivity contribution < 1.29 is 23.0 Å². The lowest BCUT2D eigenvalue weighted by Gasteiger charge is -2.15. The van der Waals surface area contributed by atoms with Gasteiger partial charge in [0.25, 0.3) is 5.91 Å². The third-order valence-electron chi connectivity index (χ3n) is 3.29. The lowest BCUT2D eigenvalue weighted by Crippen LogP contribution is -2.16. The minimum absolute atomic E-state index is 0.0226. The van der Waals surface area contributed by atoms with Crippen LogP contribution < -0.4 is 14.8 Å². The van der Waals surface area contributed by atoms with Crippen LogP contribution in [0, 0.1) is 13.8 Å². The van der Waals surface area contributed by atoms with Crippen LogP contribution in [0.5, 0.6) is 11.5 Å². The molecular weight excluding hydrogens is 304 g/mol. The van der Waals surface area contributed by atoms with Crippen LogP contribution in [0.2, 0.25) is 0 Å². The number of anilines is 1. The fourth-order valence-electron chi connectivity index (χ4n) is 2.13. The average molecular weight is 321 g/mol. The second kappa shape index (κ2) is 7.09. The highest BCUT2D eigenvalue weighted by atomic mass is 19.3. The number of alkyl halides is 2. The van der Waals surface area contributed by atoms with Crippen molar-refractivity contribution in [3.63, 3.8) is 0 Å². The highest BCUT2D eigenvalue weighted by Gasteiger charge is 2.20. The Labute approximate surface area is 133 Å². The quantitative estimate of drug-likeness (QED) is 0.899. The minimum atomic E-state index is -3.06. The molecule has 2 aromatic carbocycles. The number of carbonyl (C=O) groups is 1. The number of aryl methyl sites for hydroxylation is 2. The third-order valence-corrected chi connectivity index (χ3v) is 3.29. The normalized spacial score (nSPS) is 10.5. The fourth-order valence-corrected chi connectivity index (χ4v) is 2.13. The fraction of sp³-hybridized carbons (Fsp3) is 0.235. The number of para-hydroxylation sites is 1. The number of halogens is 2. The van der Waals surface area contributed by atoms with E-state index < -0.39 is 12.5 Å². The summed E-state index contributed by atoms with van der Waals surface area (Å²) in [6, 6.07) is 9.98. The summed E-state index contributed by atoms with van der Waals surface area (Å²) in [5.74, 6) is -0.764. The molecule has 6 heteroatoms. The Morgan fingerprint density at radius 3 is 2.57 bits per heavy atom. The Morgan fingerprint density at radius 1 is 1.17 bits per heavy atom. The summed E-state index contributed by atoms with van der Waals surface area (Å²) < 4.78 is 34.7. The van der Waals surface area contributed by atoms with Gasteiger partial charge < -0.3 is 14.8 Å². The molecule has 0 radical (unpaired) electrons. The summed E-state index contributed by atoms with van der Waals surface area (Å²) in [4.78, 5) is 12.5. The largest absolute Gasteiger partial charge is 0.493 e. The zero-order valence-corrected chi connectivity index (χ0v) is 13.0. The molecule has 2 rings (SSSR count). The van der Waals surface area contributed by atoms with Crippen LogP contribution in [0.15, 0.2) is 36.4 Å². The van der Waals surface area contributed by atoms with E-state index >= 15 is 0 Å². The van der Waals surface area contributed by atoms with E-state index in [1.165, 1.54) is 25.3 Å². The van der Waals surface area contributed by atoms with E-state index in [-0.39, 0.29) is 17.1 Å². The van der Waals surface area contributed by atoms with Gasteiger partial charge >= 0.3 is 6.61 Å². The molecule has 0 aliphatic rings. The highest BCUT2D eigenvalue weighted by Crippen LogP contribution is 2.33. The Bertz CT molecular complexity index is 717. The molecule has 0 aromatic heterocycles. The predicted molar refractivity (Wildman–Crippen MR) is 83.5 cm³/mol. The Morgan fingerprint density at radius 2 is 1.91 bits per heavy atom. The standard InChI is InChI=1S/C17H17F2NO3/c1-10-7-8-11(2)13(9-10)20-16(21)12-5-4-6-14(22-3)15(12)23-17(18)19/h4-9,17H,1-3H3,(H,20,21). The van der Waals surface area contributed by atoms with Crippen LogP contribution >= 0.6 is 0 Å². The second-order valence-corrected chi connectivity index (χ2v) is 4.99. The molecule has 0 saturated carbocycles. The molecule has 0 fully saturated rings. The Hall–Kier alpha value is -2.63. The first-order chi connectivity index (χ1) is 10.9. The lowest BCUT2D eigenvalue weighted by atomic mass is 10.1. The maximum atomic E-state index is 12.6. The van der Waals surface area contributed by atoms with Gasteiger partial charge in [0, 0.05) is 5.69 Å². The molecular formula is C17H17F2NO3. The van der Waals surface area contributed by atoms with Gasteiger partial charge in [-0.05, 0) is 43.2 Å². The SMILES string of the molecule is COc1cccc(C(=O)Nc2cc(C)ccc2C)c1OC(F)F. The van der Waals surface area contributed by atoms with Crippen LogP contribution in [-0.2, 0) is 0 Å². The molecule has 2 aromatic rings. The molecule has 0 aliphatic carbocycles. The van der Waals surface area contributed by atoms with Gasteiger partial charge in [-0.15, -0.1) is 0 Å². The van der Waals surface area contributed by atoms with Gasteiger partial charge in [-0.3, -0.25) is 4.79 Å². The van der Waals surface area contributed by atoms with E-state index in [9.17, 15) is 13.6 Å². The number of nitrogens with one attached hydrogen (secondary N) is 1. The van der Waals surface area contributed by atoms with E-state index in [2.05, 4.69) is 10.1 Å². The summed E-state index contributed by atoms with van der Waals surface area (Å²) in [7, 11) is 1.32. The smallest absolute Gasteiger partial charge is 0.387 e. The number of rotatable bonds is 5. The van der Waals surface area contributed by atoms with Crippen LogP contribution in [0.3, 0.4) is 0 Å². The van der Waals surface area contributed by atoms with E-state index in [0.29, 0.717) is 5.69 Å². The van der Waals surface area contributed by atoms with Crippen molar-refractivity contribution in [3.8, 4) is 11.5 Å². The van der Waals surface area contributed by atoms with Crippen LogP contribution in [0.25, 0.3) is 0 Å². The average Bonchev–Trinajstić information content (AvgIpc) is 2.50. The molecule has 0 atom stereocenters. The number of carbonyl (C=O) groups excluding carboxylic acids is 1. The maximum Gasteiger partial charge on any atom is 0.387 e. The van der Waals surface area contributed by atoms with Gasteiger partial charge in [0.15, 0.2) is 11.5 Å². The van der Waals surface area contributed by atoms with E-state index in [4.69, 9.17) is 4.74 Å². The summed E-state index contributed by atoms with van der Waals surface area (Å²) in [5.41, 5.74) is 2.43. The molecule has 122 valence electrons. The van der Waals surface area contributed by atoms with Gasteiger partial charge in [0.1, 0.15) is 0 Å². The van der Waals surface area contributed by atoms with Crippen molar-refractivity contribution in [2.45, 2.75) is 20.5 Å². The van der Waals surface area contributed by atoms with Crippen molar-refractivity contribution in [1.82, 2.24) is 0 Å². The van der Waals surface area contributed by atoms with Crippen molar-refractivity contribution in [3.05, 3.63) is 53.1 Å². The molecule has 23 heavy (non-hydrogen) atoms. The van der Waals surface area contributed by atoms with E-state index in [0.717, 1.165) is 11.1 Å². The third kappa shape index (κ3) is 3.97. The summed E-state index contributed by atoms with van der Waals surface area (Å²) in [6.07, 6.45) is 0. The molecule has 0 bridgehead atoms. The number of amides is 1. The van der Waals surface area contributed by atoms with Crippen molar-refractivity contribution in [2.24, 2.45) is 0 Å². The van der Waals surface area contributed by atoms with E-state index in [1.54, 1.807) is 6.07 Å². The molecule has 1 N–H and O–H groups in total. The minimum Gasteiger partial charge on any atom is -0.493 e. The molecule has 0 aliphatic heterocycles. The summed E-state index contributed by atoms with van der Waals surface area (Å²) in [5, 5.41) is 2.71. The first-order valence-corrected chi connectivity index (χ1v) is 6.92. The molecule has 1 amide bonds. The maximum absolute atomic E-state index is 12.6. The van der Waals surface area contributed by atoms with Crippen molar-refractivity contribution in [2.75, 3.05) is 12.4 Å². The van der Waals surface area contributed by atoms with Gasteiger partial charge in [-0.2, -0.15) is 8.78 Å². The van der Waals surface area contributed by atoms with Crippen molar-refractivity contribution in [1.29, 1.82) is 0 Å². The van der Waals surface area contributed by atoms with E-state index in [1.807, 2.05) is 26.0 Å². The topological polar surface area (TPSA) is 47.6 Å². The van der Waals surface area contributed by atoms with Gasteiger partial charge in [-0.25, -0.2) is 0 Å².